The molecule has 0 spiro atoms. The fraction of sp³-hybridized carbons (Fsp3) is 0.320. The summed E-state index contributed by atoms with van der Waals surface area (Å²) >= 11 is 6.00. The molecule has 164 valence electrons. The highest BCUT2D eigenvalue weighted by Gasteiger charge is 2.33. The van der Waals surface area contributed by atoms with Crippen LogP contribution in [-0.4, -0.2) is 14.8 Å². The number of pyridine rings is 1. The summed E-state index contributed by atoms with van der Waals surface area (Å²) in [6, 6.07) is 7.64. The molecule has 0 atom stereocenters. The number of alkyl halides is 2. The van der Waals surface area contributed by atoms with Crippen LogP contribution in [0.2, 0.25) is 5.02 Å². The molecule has 2 heterocycles. The maximum Gasteiger partial charge on any atom is 0.272 e. The first-order chi connectivity index (χ1) is 15.3. The van der Waals surface area contributed by atoms with Gasteiger partial charge < -0.3 is 0 Å². The average Bonchev–Trinajstić information content (AvgIpc) is 3.38. The lowest BCUT2D eigenvalue weighted by atomic mass is 9.88. The van der Waals surface area contributed by atoms with Crippen molar-refractivity contribution in [2.24, 2.45) is 0 Å². The number of aromatic nitrogens is 3. The molecule has 2 aliphatic carbocycles. The number of allylic oxidation sites excluding steroid dienone is 3. The van der Waals surface area contributed by atoms with Gasteiger partial charge in [-0.25, -0.2) is 13.5 Å². The van der Waals surface area contributed by atoms with Crippen LogP contribution in [0.15, 0.2) is 48.8 Å². The molecule has 2 aromatic heterocycles. The Morgan fingerprint density at radius 1 is 1.16 bits per heavy atom. The average molecular weight is 453 g/mol. The molecule has 32 heavy (non-hydrogen) atoms. The van der Waals surface area contributed by atoms with Gasteiger partial charge in [-0.2, -0.15) is 10.4 Å². The number of nitrogens with zero attached hydrogens (tertiary/aromatic N) is 4. The molecule has 5 rings (SSSR count). The Morgan fingerprint density at radius 3 is 2.62 bits per heavy atom. The third kappa shape index (κ3) is 4.44. The smallest absolute Gasteiger partial charge is 0.260 e. The zero-order valence-electron chi connectivity index (χ0n) is 17.8. The summed E-state index contributed by atoms with van der Waals surface area (Å²) in [7, 11) is 0. The summed E-state index contributed by atoms with van der Waals surface area (Å²) < 4.78 is 29.0. The van der Waals surface area contributed by atoms with E-state index in [-0.39, 0.29) is 11.1 Å². The van der Waals surface area contributed by atoms with Gasteiger partial charge in [0.15, 0.2) is 0 Å². The first-order valence-electron chi connectivity index (χ1n) is 10.6. The molecule has 4 nitrogen and oxygen atoms in total. The summed E-state index contributed by atoms with van der Waals surface area (Å²) in [5.74, 6) is -2.96. The topological polar surface area (TPSA) is 54.5 Å². The maximum atomic E-state index is 13.5. The van der Waals surface area contributed by atoms with Crippen molar-refractivity contribution in [1.29, 1.82) is 5.26 Å². The number of benzene rings is 1. The Bertz CT molecular complexity index is 1260. The van der Waals surface area contributed by atoms with Crippen LogP contribution in [0.25, 0.3) is 16.6 Å². The van der Waals surface area contributed by atoms with Gasteiger partial charge in [-0.1, -0.05) is 23.8 Å². The van der Waals surface area contributed by atoms with Crippen molar-refractivity contribution < 1.29 is 8.78 Å². The lowest BCUT2D eigenvalue weighted by molar-refractivity contribution is 0.0159. The standard InChI is InChI=1S/C13H11ClN2.C12H12F2N2/c1-9-2-5-12(6-9)16-13-7-11(14)4-3-10(13)8-15-16;1-12(13,14)11-8(6-15)7-16-10-5-3-2-4-9(10)11/h3-4,6-8H,1-2,5H2;7H,2-5H2,1H3. The fourth-order valence-corrected chi connectivity index (χ4v) is 4.48. The summed E-state index contributed by atoms with van der Waals surface area (Å²) in [6.07, 6.45) is 10.5. The molecule has 0 N–H and O–H groups in total. The summed E-state index contributed by atoms with van der Waals surface area (Å²) in [5.41, 5.74) is 4.66. The Balaban J connectivity index is 0.000000153. The number of hydrogen-bond donors (Lipinski definition) is 0. The van der Waals surface area contributed by atoms with Crippen molar-refractivity contribution in [1.82, 2.24) is 14.8 Å². The van der Waals surface area contributed by atoms with Crippen molar-refractivity contribution in [3.05, 3.63) is 76.2 Å². The van der Waals surface area contributed by atoms with Gasteiger partial charge in [0, 0.05) is 40.5 Å². The summed E-state index contributed by atoms with van der Waals surface area (Å²) in [5, 5.41) is 15.1. The zero-order chi connectivity index (χ0) is 22.9. The molecule has 0 amide bonds. The van der Waals surface area contributed by atoms with Crippen LogP contribution in [0.3, 0.4) is 0 Å². The third-order valence-electron chi connectivity index (χ3n) is 5.80. The van der Waals surface area contributed by atoms with Crippen LogP contribution in [-0.2, 0) is 18.8 Å². The molecule has 0 saturated heterocycles. The molecule has 3 aromatic rings. The lowest BCUT2D eigenvalue weighted by Gasteiger charge is -2.22. The largest absolute Gasteiger partial charge is 0.272 e. The van der Waals surface area contributed by atoms with Crippen LogP contribution in [0.4, 0.5) is 8.78 Å². The van der Waals surface area contributed by atoms with Crippen LogP contribution in [0.5, 0.6) is 0 Å². The monoisotopic (exact) mass is 452 g/mol. The molecule has 1 aromatic carbocycles. The Hall–Kier alpha value is -3.04. The van der Waals surface area contributed by atoms with E-state index >= 15 is 0 Å². The second-order valence-electron chi connectivity index (χ2n) is 8.23. The van der Waals surface area contributed by atoms with Gasteiger partial charge in [-0.15, -0.1) is 0 Å². The number of hydrogen-bond acceptors (Lipinski definition) is 3. The van der Waals surface area contributed by atoms with Gasteiger partial charge in [0.05, 0.1) is 17.3 Å². The second-order valence-corrected chi connectivity index (χ2v) is 8.67. The lowest BCUT2D eigenvalue weighted by Crippen LogP contribution is -2.18. The molecular formula is C25H23ClF2N4. The van der Waals surface area contributed by atoms with E-state index in [0.717, 1.165) is 60.6 Å². The molecule has 0 radical (unpaired) electrons. The van der Waals surface area contributed by atoms with Crippen molar-refractivity contribution in [2.75, 3.05) is 0 Å². The predicted octanol–water partition coefficient (Wildman–Crippen LogP) is 6.82. The van der Waals surface area contributed by atoms with E-state index in [1.165, 1.54) is 17.5 Å². The second kappa shape index (κ2) is 8.84. The summed E-state index contributed by atoms with van der Waals surface area (Å²) in [4.78, 5) is 4.11. The molecule has 0 unspecified atom stereocenters. The van der Waals surface area contributed by atoms with E-state index in [1.807, 2.05) is 35.1 Å². The van der Waals surface area contributed by atoms with Gasteiger partial charge in [0.25, 0.3) is 5.92 Å². The normalized spacial score (nSPS) is 15.6. The Kier molecular flexibility index (Phi) is 6.12. The van der Waals surface area contributed by atoms with E-state index < -0.39 is 5.92 Å². The van der Waals surface area contributed by atoms with Gasteiger partial charge >= 0.3 is 0 Å². The quantitative estimate of drug-likeness (QED) is 0.428. The SMILES string of the molecule is C=C1C=C(n2ncc3ccc(Cl)cc32)CC1.CC(F)(F)c1c(C#N)cnc2c1CCCC2. The van der Waals surface area contributed by atoms with E-state index in [1.54, 1.807) is 0 Å². The molecular weight excluding hydrogens is 430 g/mol. The molecule has 0 fully saturated rings. The van der Waals surface area contributed by atoms with Crippen LogP contribution >= 0.6 is 11.6 Å². The van der Waals surface area contributed by atoms with E-state index in [9.17, 15) is 8.78 Å². The molecule has 0 bridgehead atoms. The van der Waals surface area contributed by atoms with Crippen molar-refractivity contribution >= 4 is 28.2 Å². The highest BCUT2D eigenvalue weighted by Crippen LogP contribution is 2.36. The van der Waals surface area contributed by atoms with Crippen molar-refractivity contribution in [3.8, 4) is 6.07 Å². The van der Waals surface area contributed by atoms with Crippen LogP contribution < -0.4 is 0 Å². The summed E-state index contributed by atoms with van der Waals surface area (Å²) in [6.45, 7) is 4.81. The van der Waals surface area contributed by atoms with E-state index in [4.69, 9.17) is 16.9 Å². The fourth-order valence-electron chi connectivity index (χ4n) is 4.31. The van der Waals surface area contributed by atoms with E-state index in [2.05, 4.69) is 22.7 Å². The third-order valence-corrected chi connectivity index (χ3v) is 6.03. The zero-order valence-corrected chi connectivity index (χ0v) is 18.6. The minimum Gasteiger partial charge on any atom is -0.260 e. The van der Waals surface area contributed by atoms with E-state index in [0.29, 0.717) is 12.0 Å². The first kappa shape index (κ1) is 22.2. The minimum absolute atomic E-state index is 0.00755. The minimum atomic E-state index is -2.96. The molecule has 7 heteroatoms. The number of aryl methyl sites for hydroxylation is 1. The van der Waals surface area contributed by atoms with Gasteiger partial charge in [0.1, 0.15) is 6.07 Å². The Morgan fingerprint density at radius 2 is 1.94 bits per heavy atom. The Labute approximate surface area is 190 Å². The first-order valence-corrected chi connectivity index (χ1v) is 11.0. The highest BCUT2D eigenvalue weighted by molar-refractivity contribution is 6.31. The van der Waals surface area contributed by atoms with Gasteiger partial charge in [-0.3, -0.25) is 4.98 Å². The number of nitriles is 1. The van der Waals surface area contributed by atoms with Crippen LogP contribution in [0, 0.1) is 11.3 Å². The highest BCUT2D eigenvalue weighted by atomic mass is 35.5. The van der Waals surface area contributed by atoms with Gasteiger partial charge in [0.2, 0.25) is 0 Å². The molecule has 0 aliphatic heterocycles. The number of fused-ring (bicyclic) bond motifs is 2. The van der Waals surface area contributed by atoms with Crippen LogP contribution in [0.1, 0.15) is 55.0 Å². The van der Waals surface area contributed by atoms with Crippen molar-refractivity contribution in [3.63, 3.8) is 0 Å². The number of halogens is 3. The molecule has 0 saturated carbocycles. The van der Waals surface area contributed by atoms with Gasteiger partial charge in [-0.05, 0) is 68.4 Å². The van der Waals surface area contributed by atoms with Crippen molar-refractivity contribution in [2.45, 2.75) is 51.4 Å². The number of rotatable bonds is 2. The predicted molar refractivity (Wildman–Crippen MR) is 123 cm³/mol. The maximum absolute atomic E-state index is 13.5. The molecule has 2 aliphatic rings.